The van der Waals surface area contributed by atoms with Crippen molar-refractivity contribution in [1.82, 2.24) is 0 Å². The minimum absolute atomic E-state index is 0.132. The van der Waals surface area contributed by atoms with Gasteiger partial charge in [-0.1, -0.05) is 17.7 Å². The summed E-state index contributed by atoms with van der Waals surface area (Å²) in [7, 11) is 1.55. The Bertz CT molecular complexity index is 569. The van der Waals surface area contributed by atoms with Crippen LogP contribution >= 0.6 is 11.6 Å². The van der Waals surface area contributed by atoms with E-state index >= 15 is 0 Å². The zero-order valence-electron chi connectivity index (χ0n) is 13.5. The Morgan fingerprint density at radius 1 is 1.32 bits per heavy atom. The summed E-state index contributed by atoms with van der Waals surface area (Å²) in [6.45, 7) is 7.76. The molecule has 22 heavy (non-hydrogen) atoms. The Morgan fingerprint density at radius 2 is 2.00 bits per heavy atom. The van der Waals surface area contributed by atoms with E-state index in [1.54, 1.807) is 32.3 Å². The van der Waals surface area contributed by atoms with Gasteiger partial charge in [0.05, 0.1) is 11.2 Å². The monoisotopic (exact) mass is 322 g/mol. The van der Waals surface area contributed by atoms with Crippen molar-refractivity contribution in [3.05, 3.63) is 23.2 Å². The lowest BCUT2D eigenvalue weighted by molar-refractivity contribution is -0.117. The number of hydrogen-bond donors (Lipinski definition) is 1. The topological polar surface area (TPSA) is 49.8 Å². The first-order valence-corrected chi connectivity index (χ1v) is 7.83. The third kappa shape index (κ3) is 3.65. The van der Waals surface area contributed by atoms with Gasteiger partial charge in [0.2, 0.25) is 5.91 Å². The number of benzene rings is 1. The zero-order chi connectivity index (χ0) is 16.5. The average molecular weight is 323 g/mol. The van der Waals surface area contributed by atoms with E-state index in [0.29, 0.717) is 11.4 Å². The summed E-state index contributed by atoms with van der Waals surface area (Å²) in [5.41, 5.74) is -0.210. The fourth-order valence-corrected chi connectivity index (χ4v) is 2.27. The number of carbonyl (C=O) groups is 1. The van der Waals surface area contributed by atoms with Crippen molar-refractivity contribution < 1.29 is 14.6 Å². The number of amides is 1. The van der Waals surface area contributed by atoms with Crippen LogP contribution in [-0.2, 0) is 9.45 Å². The highest BCUT2D eigenvalue weighted by molar-refractivity contribution is 6.53. The van der Waals surface area contributed by atoms with E-state index in [9.17, 15) is 9.90 Å². The summed E-state index contributed by atoms with van der Waals surface area (Å²) in [6, 6.07) is 5.46. The molecule has 1 N–H and O–H groups in total. The molecule has 2 rings (SSSR count). The summed E-state index contributed by atoms with van der Waals surface area (Å²) in [5, 5.41) is 10.6. The predicted octanol–water partition coefficient (Wildman–Crippen LogP) is 2.28. The van der Waals surface area contributed by atoms with Gasteiger partial charge in [-0.3, -0.25) is 4.79 Å². The van der Waals surface area contributed by atoms with Crippen LogP contribution in [0.4, 0.5) is 5.69 Å². The molecule has 1 radical (unpaired) electrons. The fraction of sp³-hybridized carbons (Fsp3) is 0.562. The first kappa shape index (κ1) is 17.3. The summed E-state index contributed by atoms with van der Waals surface area (Å²) in [4.78, 5) is 13.5. The lowest BCUT2D eigenvalue weighted by Gasteiger charge is -2.37. The largest absolute Gasteiger partial charge is 0.427 e. The van der Waals surface area contributed by atoms with Crippen LogP contribution in [0.15, 0.2) is 18.2 Å². The molecular weight excluding hydrogens is 300 g/mol. The highest BCUT2D eigenvalue weighted by Crippen LogP contribution is 2.26. The molecule has 0 spiro atoms. The lowest BCUT2D eigenvalue weighted by Crippen LogP contribution is -2.49. The highest BCUT2D eigenvalue weighted by Gasteiger charge is 2.36. The van der Waals surface area contributed by atoms with Crippen molar-refractivity contribution in [2.45, 2.75) is 51.7 Å². The molecule has 1 amide bonds. The zero-order valence-corrected chi connectivity index (χ0v) is 14.3. The van der Waals surface area contributed by atoms with Crippen LogP contribution < -0.4 is 10.4 Å². The van der Waals surface area contributed by atoms with E-state index in [1.165, 1.54) is 0 Å². The van der Waals surface area contributed by atoms with Crippen molar-refractivity contribution in [3.63, 3.8) is 0 Å². The molecule has 1 aliphatic rings. The van der Waals surface area contributed by atoms with E-state index in [1.807, 2.05) is 26.0 Å². The number of halogens is 1. The Balaban J connectivity index is 2.09. The van der Waals surface area contributed by atoms with Gasteiger partial charge in [-0.2, -0.15) is 0 Å². The standard InChI is InChI=1S/C16H22BClNO3/c1-15(2,21)16(3,4)22-17-12-8-7-11(10-13(12)18)19-9-5-6-14(19)20/h7-8,10,21H,5-6,9H2,1-4H3. The van der Waals surface area contributed by atoms with Gasteiger partial charge in [0, 0.05) is 23.7 Å². The van der Waals surface area contributed by atoms with Crippen molar-refractivity contribution in [2.75, 3.05) is 11.4 Å². The molecule has 6 heteroatoms. The molecule has 1 aromatic carbocycles. The number of rotatable bonds is 5. The van der Waals surface area contributed by atoms with Gasteiger partial charge in [0.15, 0.2) is 0 Å². The Hall–Kier alpha value is -1.04. The maximum absolute atomic E-state index is 11.8. The van der Waals surface area contributed by atoms with Crippen LogP contribution in [0.25, 0.3) is 0 Å². The summed E-state index contributed by atoms with van der Waals surface area (Å²) < 4.78 is 5.71. The van der Waals surface area contributed by atoms with E-state index in [4.69, 9.17) is 16.3 Å². The van der Waals surface area contributed by atoms with Crippen LogP contribution in [-0.4, -0.2) is 36.2 Å². The minimum atomic E-state index is -0.988. The molecule has 4 nitrogen and oxygen atoms in total. The number of nitrogens with zero attached hydrogens (tertiary/aromatic N) is 1. The molecule has 1 saturated heterocycles. The van der Waals surface area contributed by atoms with E-state index in [2.05, 4.69) is 0 Å². The molecule has 0 aliphatic carbocycles. The first-order chi connectivity index (χ1) is 10.1. The molecule has 0 unspecified atom stereocenters. The molecule has 0 atom stereocenters. The van der Waals surface area contributed by atoms with Crippen molar-refractivity contribution in [1.29, 1.82) is 0 Å². The Kier molecular flexibility index (Phi) is 4.90. The second kappa shape index (κ2) is 6.22. The van der Waals surface area contributed by atoms with E-state index < -0.39 is 11.2 Å². The van der Waals surface area contributed by atoms with Gasteiger partial charge in [-0.05, 0) is 51.7 Å². The van der Waals surface area contributed by atoms with E-state index in [-0.39, 0.29) is 5.91 Å². The Morgan fingerprint density at radius 3 is 2.50 bits per heavy atom. The van der Waals surface area contributed by atoms with Crippen molar-refractivity contribution >= 4 is 36.1 Å². The van der Waals surface area contributed by atoms with Crippen molar-refractivity contribution in [3.8, 4) is 0 Å². The van der Waals surface area contributed by atoms with Crippen molar-refractivity contribution in [2.24, 2.45) is 0 Å². The molecule has 0 saturated carbocycles. The second-order valence-corrected chi connectivity index (χ2v) is 7.07. The number of anilines is 1. The molecular formula is C16H22BClNO3. The summed E-state index contributed by atoms with van der Waals surface area (Å²) in [6.07, 6.45) is 1.47. The molecule has 1 aromatic rings. The third-order valence-electron chi connectivity index (χ3n) is 4.32. The average Bonchev–Trinajstić information content (AvgIpc) is 2.82. The molecule has 0 aromatic heterocycles. The van der Waals surface area contributed by atoms with Crippen LogP contribution in [0, 0.1) is 0 Å². The van der Waals surface area contributed by atoms with Gasteiger partial charge < -0.3 is 14.7 Å². The number of carbonyl (C=O) groups excluding carboxylic acids is 1. The predicted molar refractivity (Wildman–Crippen MR) is 89.9 cm³/mol. The molecule has 0 bridgehead atoms. The fourth-order valence-electron chi connectivity index (χ4n) is 2.06. The second-order valence-electron chi connectivity index (χ2n) is 6.66. The SMILES string of the molecule is CC(C)(O)C(C)(C)O[B]c1ccc(N2CCCC2=O)cc1Cl. The molecule has 1 aliphatic heterocycles. The quantitative estimate of drug-likeness (QED) is 0.846. The number of hydrogen-bond acceptors (Lipinski definition) is 3. The Labute approximate surface area is 137 Å². The smallest absolute Gasteiger partial charge is 0.332 e. The summed E-state index contributed by atoms with van der Waals surface area (Å²) in [5.74, 6) is 0.132. The van der Waals surface area contributed by atoms with Gasteiger partial charge in [0.25, 0.3) is 0 Å². The third-order valence-corrected chi connectivity index (χ3v) is 4.65. The first-order valence-electron chi connectivity index (χ1n) is 7.45. The van der Waals surface area contributed by atoms with Gasteiger partial charge in [0.1, 0.15) is 0 Å². The van der Waals surface area contributed by atoms with Crippen LogP contribution in [0.5, 0.6) is 0 Å². The van der Waals surface area contributed by atoms with Crippen LogP contribution in [0.1, 0.15) is 40.5 Å². The summed E-state index contributed by atoms with van der Waals surface area (Å²) >= 11 is 6.29. The number of aliphatic hydroxyl groups is 1. The van der Waals surface area contributed by atoms with E-state index in [0.717, 1.165) is 24.1 Å². The molecule has 119 valence electrons. The van der Waals surface area contributed by atoms with Crippen LogP contribution in [0.3, 0.4) is 0 Å². The maximum Gasteiger partial charge on any atom is 0.332 e. The molecule has 1 heterocycles. The normalized spacial score (nSPS) is 16.3. The van der Waals surface area contributed by atoms with Gasteiger partial charge in [-0.15, -0.1) is 0 Å². The molecule has 1 fully saturated rings. The van der Waals surface area contributed by atoms with Crippen LogP contribution in [0.2, 0.25) is 5.02 Å². The minimum Gasteiger partial charge on any atom is -0.427 e. The van der Waals surface area contributed by atoms with Gasteiger partial charge in [-0.25, -0.2) is 0 Å². The van der Waals surface area contributed by atoms with Gasteiger partial charge >= 0.3 is 7.48 Å². The maximum atomic E-state index is 11.8. The highest BCUT2D eigenvalue weighted by atomic mass is 35.5. The lowest BCUT2D eigenvalue weighted by atomic mass is 9.82.